The summed E-state index contributed by atoms with van der Waals surface area (Å²) in [5.74, 6) is -1.95. The lowest BCUT2D eigenvalue weighted by Crippen LogP contribution is -2.58. The van der Waals surface area contributed by atoms with Crippen LogP contribution in [0, 0.1) is 5.92 Å². The summed E-state index contributed by atoms with van der Waals surface area (Å²) in [6.45, 7) is 6.84. The molecule has 35 heavy (non-hydrogen) atoms. The van der Waals surface area contributed by atoms with Gasteiger partial charge in [-0.25, -0.2) is 4.79 Å². The Morgan fingerprint density at radius 3 is 2.34 bits per heavy atom. The maximum absolute atomic E-state index is 13.2. The van der Waals surface area contributed by atoms with Gasteiger partial charge in [0.15, 0.2) is 6.29 Å². The third kappa shape index (κ3) is 8.79. The number of hydrogen-bond acceptors (Lipinski definition) is 7. The molecule has 1 aliphatic heterocycles. The van der Waals surface area contributed by atoms with Crippen LogP contribution >= 0.6 is 0 Å². The number of aliphatic hydroxyl groups excluding tert-OH is 1. The summed E-state index contributed by atoms with van der Waals surface area (Å²) in [4.78, 5) is 38.5. The van der Waals surface area contributed by atoms with Gasteiger partial charge in [0.2, 0.25) is 11.8 Å². The number of hydrogen-bond donors (Lipinski definition) is 4. The zero-order valence-corrected chi connectivity index (χ0v) is 21.0. The molecule has 1 aliphatic rings. The van der Waals surface area contributed by atoms with Crippen molar-refractivity contribution in [2.45, 2.75) is 83.9 Å². The molecular weight excluding hydrogens is 454 g/mol. The van der Waals surface area contributed by atoms with Gasteiger partial charge in [-0.3, -0.25) is 9.59 Å². The monoisotopic (exact) mass is 493 g/mol. The highest BCUT2D eigenvalue weighted by atomic mass is 16.7. The number of ether oxygens (including phenoxy) is 2. The van der Waals surface area contributed by atoms with E-state index in [1.807, 2.05) is 12.1 Å². The minimum atomic E-state index is -1.20. The predicted octanol–water partition coefficient (Wildman–Crippen LogP) is 1.29. The number of carbonyl (C=O) groups excluding carboxylic acids is 2. The topological polar surface area (TPSA) is 151 Å². The Balaban J connectivity index is 2.00. The van der Waals surface area contributed by atoms with Crippen molar-refractivity contribution in [3.05, 3.63) is 29.8 Å². The Morgan fingerprint density at radius 1 is 1.17 bits per heavy atom. The van der Waals surface area contributed by atoms with Crippen molar-refractivity contribution in [2.24, 2.45) is 11.7 Å². The fraction of sp³-hybridized carbons (Fsp3) is 0.640. The van der Waals surface area contributed by atoms with Crippen molar-refractivity contribution < 1.29 is 34.1 Å². The van der Waals surface area contributed by atoms with E-state index < -0.39 is 42.0 Å². The molecule has 1 aromatic carbocycles. The number of nitrogens with zero attached hydrogens (tertiary/aromatic N) is 1. The summed E-state index contributed by atoms with van der Waals surface area (Å²) in [7, 11) is 0. The van der Waals surface area contributed by atoms with Crippen LogP contribution in [0.15, 0.2) is 24.3 Å². The first kappa shape index (κ1) is 28.5. The second-order valence-corrected chi connectivity index (χ2v) is 9.45. The highest BCUT2D eigenvalue weighted by Crippen LogP contribution is 2.20. The maximum atomic E-state index is 13.2. The summed E-state index contributed by atoms with van der Waals surface area (Å²) >= 11 is 0. The predicted molar refractivity (Wildman–Crippen MR) is 130 cm³/mol. The Bertz CT molecular complexity index is 838. The van der Waals surface area contributed by atoms with Gasteiger partial charge in [0, 0.05) is 13.0 Å². The fourth-order valence-electron chi connectivity index (χ4n) is 3.82. The Labute approximate surface area is 206 Å². The highest BCUT2D eigenvalue weighted by molar-refractivity contribution is 5.92. The maximum Gasteiger partial charge on any atom is 0.326 e. The van der Waals surface area contributed by atoms with E-state index >= 15 is 0 Å². The molecule has 0 radical (unpaired) electrons. The van der Waals surface area contributed by atoms with E-state index in [4.69, 9.17) is 15.2 Å². The number of aliphatic carboxylic acids is 1. The van der Waals surface area contributed by atoms with Gasteiger partial charge in [-0.1, -0.05) is 26.0 Å². The lowest BCUT2D eigenvalue weighted by Gasteiger charge is -2.33. The van der Waals surface area contributed by atoms with Crippen LogP contribution < -0.4 is 15.8 Å². The summed E-state index contributed by atoms with van der Waals surface area (Å²) in [5.41, 5.74) is 6.95. The molecule has 2 amide bonds. The van der Waals surface area contributed by atoms with E-state index in [0.29, 0.717) is 12.4 Å². The minimum absolute atomic E-state index is 0.169. The first-order valence-corrected chi connectivity index (χ1v) is 12.1. The Hall–Kier alpha value is -2.69. The van der Waals surface area contributed by atoms with Crippen LogP contribution in [0.1, 0.15) is 52.5 Å². The number of rotatable bonds is 12. The molecule has 0 aliphatic carbocycles. The van der Waals surface area contributed by atoms with E-state index in [0.717, 1.165) is 29.7 Å². The molecule has 1 fully saturated rings. The van der Waals surface area contributed by atoms with Crippen LogP contribution in [-0.4, -0.2) is 76.6 Å². The molecule has 5 atom stereocenters. The van der Waals surface area contributed by atoms with Gasteiger partial charge in [0.05, 0.1) is 18.8 Å². The van der Waals surface area contributed by atoms with Gasteiger partial charge < -0.3 is 35.6 Å². The fourth-order valence-corrected chi connectivity index (χ4v) is 3.82. The molecule has 0 spiro atoms. The van der Waals surface area contributed by atoms with Gasteiger partial charge in [0.1, 0.15) is 17.8 Å². The van der Waals surface area contributed by atoms with Crippen LogP contribution in [0.3, 0.4) is 0 Å². The van der Waals surface area contributed by atoms with Crippen LogP contribution in [-0.2, 0) is 25.5 Å². The highest BCUT2D eigenvalue weighted by Gasteiger charge is 2.35. The van der Waals surface area contributed by atoms with Crippen LogP contribution in [0.25, 0.3) is 0 Å². The van der Waals surface area contributed by atoms with Gasteiger partial charge in [-0.05, 0) is 56.7 Å². The number of carbonyl (C=O) groups is 3. The molecule has 5 N–H and O–H groups in total. The van der Waals surface area contributed by atoms with Crippen LogP contribution in [0.4, 0.5) is 0 Å². The average Bonchev–Trinajstić information content (AvgIpc) is 2.81. The SMILES string of the molecule is CC(O)CN(C(=O)[C@@H](NC(=O)[C@@H](N)Cc1ccc(OC2CCCCO2)cc1)C(C)C)[C@@H](C)C(=O)O. The number of nitrogens with one attached hydrogen (secondary N) is 1. The molecule has 10 nitrogen and oxygen atoms in total. The number of carboxylic acid groups (broad SMARTS) is 1. The van der Waals surface area contributed by atoms with Crippen LogP contribution in [0.2, 0.25) is 0 Å². The number of carboxylic acids is 1. The number of aliphatic hydroxyl groups is 1. The van der Waals surface area contributed by atoms with Crippen molar-refractivity contribution >= 4 is 17.8 Å². The molecule has 1 heterocycles. The van der Waals surface area contributed by atoms with E-state index in [-0.39, 0.29) is 25.2 Å². The van der Waals surface area contributed by atoms with Gasteiger partial charge in [-0.15, -0.1) is 0 Å². The molecule has 10 heteroatoms. The largest absolute Gasteiger partial charge is 0.480 e. The van der Waals surface area contributed by atoms with E-state index in [1.165, 1.54) is 13.8 Å². The van der Waals surface area contributed by atoms with E-state index in [9.17, 15) is 24.6 Å². The van der Waals surface area contributed by atoms with Gasteiger partial charge >= 0.3 is 5.97 Å². The van der Waals surface area contributed by atoms with E-state index in [2.05, 4.69) is 5.32 Å². The molecule has 1 saturated heterocycles. The first-order valence-electron chi connectivity index (χ1n) is 12.1. The Morgan fingerprint density at radius 2 is 1.83 bits per heavy atom. The van der Waals surface area contributed by atoms with Crippen molar-refractivity contribution in [3.8, 4) is 5.75 Å². The number of benzene rings is 1. The third-order valence-electron chi connectivity index (χ3n) is 5.92. The normalized spacial score (nSPS) is 19.3. The lowest BCUT2D eigenvalue weighted by atomic mass is 10.00. The lowest BCUT2D eigenvalue weighted by molar-refractivity contribution is -0.152. The van der Waals surface area contributed by atoms with Gasteiger partial charge in [-0.2, -0.15) is 0 Å². The Kier molecular flexibility index (Phi) is 10.9. The summed E-state index contributed by atoms with van der Waals surface area (Å²) in [6.07, 6.45) is 2.03. The smallest absolute Gasteiger partial charge is 0.326 e. The van der Waals surface area contributed by atoms with Crippen molar-refractivity contribution in [3.63, 3.8) is 0 Å². The molecule has 2 rings (SSSR count). The standard InChI is InChI=1S/C25H39N3O7/c1-15(2)22(24(31)28(14-16(3)29)17(4)25(32)33)27-23(30)20(26)13-18-8-10-19(11-9-18)35-21-7-5-6-12-34-21/h8-11,15-17,20-22,29H,5-7,12-14,26H2,1-4H3,(H,27,30)(H,32,33)/t16?,17-,20-,21?,22-/m0/s1. The van der Waals surface area contributed by atoms with Gasteiger partial charge in [0.25, 0.3) is 0 Å². The molecule has 0 aromatic heterocycles. The second-order valence-electron chi connectivity index (χ2n) is 9.45. The third-order valence-corrected chi connectivity index (χ3v) is 5.92. The summed E-state index contributed by atoms with van der Waals surface area (Å²) in [6, 6.07) is 4.20. The number of amides is 2. The minimum Gasteiger partial charge on any atom is -0.480 e. The number of nitrogens with two attached hydrogens (primary N) is 1. The molecule has 0 bridgehead atoms. The summed E-state index contributed by atoms with van der Waals surface area (Å²) in [5, 5.41) is 21.8. The average molecular weight is 494 g/mol. The van der Waals surface area contributed by atoms with Crippen LogP contribution in [0.5, 0.6) is 5.75 Å². The molecule has 1 aromatic rings. The second kappa shape index (κ2) is 13.4. The molecule has 0 saturated carbocycles. The van der Waals surface area contributed by atoms with Crippen molar-refractivity contribution in [2.75, 3.05) is 13.2 Å². The van der Waals surface area contributed by atoms with E-state index in [1.54, 1.807) is 26.0 Å². The summed E-state index contributed by atoms with van der Waals surface area (Å²) < 4.78 is 11.4. The quantitative estimate of drug-likeness (QED) is 0.340. The first-order chi connectivity index (χ1) is 16.5. The zero-order valence-electron chi connectivity index (χ0n) is 21.0. The van der Waals surface area contributed by atoms with Crippen molar-refractivity contribution in [1.82, 2.24) is 10.2 Å². The zero-order chi connectivity index (χ0) is 26.1. The molecule has 2 unspecified atom stereocenters. The molecule has 196 valence electrons. The van der Waals surface area contributed by atoms with Crippen molar-refractivity contribution in [1.29, 1.82) is 0 Å². The molecular formula is C25H39N3O7.